The lowest BCUT2D eigenvalue weighted by Gasteiger charge is -2.34. The number of ether oxygens (including phenoxy) is 2. The molecule has 0 aliphatic carbocycles. The summed E-state index contributed by atoms with van der Waals surface area (Å²) in [5, 5.41) is 32.3. The van der Waals surface area contributed by atoms with Crippen LogP contribution >= 0.6 is 0 Å². The summed E-state index contributed by atoms with van der Waals surface area (Å²) in [6, 6.07) is 0.561. The number of benzene rings is 1. The number of carboxylic acids is 1. The predicted octanol–water partition coefficient (Wildman–Crippen LogP) is 3.30. The summed E-state index contributed by atoms with van der Waals surface area (Å²) in [7, 11) is 0. The fraction of sp³-hybridized carbons (Fsp3) is 0.683. The summed E-state index contributed by atoms with van der Waals surface area (Å²) in [4.78, 5) is 173. The minimum Gasteiger partial charge on any atom is -0.480 e. The number of aliphatic carboxylic acids is 1. The Balaban J connectivity index is 2.03. The highest BCUT2D eigenvalue weighted by molar-refractivity contribution is 6.00. The Hall–Kier alpha value is -7.67. The minimum absolute atomic E-state index is 0.00387. The van der Waals surface area contributed by atoms with Crippen LogP contribution in [0.25, 0.3) is 0 Å². The van der Waals surface area contributed by atoms with E-state index in [0.29, 0.717) is 31.2 Å². The molecule has 1 aliphatic rings. The first-order chi connectivity index (χ1) is 40.2. The van der Waals surface area contributed by atoms with Crippen LogP contribution in [0.15, 0.2) is 30.3 Å². The van der Waals surface area contributed by atoms with Crippen LogP contribution in [0.5, 0.6) is 0 Å². The van der Waals surface area contributed by atoms with Gasteiger partial charge in [0, 0.05) is 19.4 Å². The van der Waals surface area contributed by atoms with E-state index in [2.05, 4.69) is 54.8 Å². The quantitative estimate of drug-likeness (QED) is 0.0427. The summed E-state index contributed by atoms with van der Waals surface area (Å²) < 4.78 is 10.3. The number of carbonyl (C=O) groups is 13. The number of nitrogens with zero attached hydrogens (tertiary/aromatic N) is 1. The van der Waals surface area contributed by atoms with Crippen LogP contribution in [0.2, 0.25) is 0 Å². The number of likely N-dealkylation sites (tertiary alicyclic amines) is 1. The van der Waals surface area contributed by atoms with Crippen molar-refractivity contribution < 1.29 is 76.9 Å². The molecule has 1 aromatic rings. The number of nitrogens with one attached hydrogen (secondary N) is 9. The SMILES string of the molecule is CCCCCCCC(=O)NC(C)(C)C(=O)N1CCC[C@H]1C(=O)N[C@@H](Cc1ccccc1)C(=O)NC(C)(C)C(=O)COC(=O)N[C@@H](CC)C(=O)NC(C)(C)C(=O)N[C@@H](CCC)C(=O)COC(=O)N[C@@H](CC)C(=O)N[C@@H](C)C(=O)N[C@@H](CC(C)C)C(=O)O. The molecule has 0 unspecified atom stereocenters. The zero-order chi connectivity index (χ0) is 65.1. The maximum Gasteiger partial charge on any atom is 0.408 e. The molecule has 1 fully saturated rings. The van der Waals surface area contributed by atoms with E-state index in [4.69, 9.17) is 9.47 Å². The van der Waals surface area contributed by atoms with Gasteiger partial charge in [0.1, 0.15) is 47.3 Å². The first-order valence-corrected chi connectivity index (χ1v) is 29.9. The smallest absolute Gasteiger partial charge is 0.408 e. The van der Waals surface area contributed by atoms with Crippen molar-refractivity contribution in [2.75, 3.05) is 19.8 Å². The van der Waals surface area contributed by atoms with Gasteiger partial charge in [-0.2, -0.15) is 0 Å². The fourth-order valence-corrected chi connectivity index (χ4v) is 9.17. The van der Waals surface area contributed by atoms with Gasteiger partial charge in [0.25, 0.3) is 0 Å². The monoisotopic (exact) mass is 1210 g/mol. The maximum absolute atomic E-state index is 14.1. The van der Waals surface area contributed by atoms with Crippen molar-refractivity contribution >= 4 is 77.0 Å². The lowest BCUT2D eigenvalue weighted by molar-refractivity contribution is -0.145. The number of hydrogen-bond donors (Lipinski definition) is 10. The van der Waals surface area contributed by atoms with Gasteiger partial charge < -0.3 is 67.3 Å². The highest BCUT2D eigenvalue weighted by Gasteiger charge is 2.43. The van der Waals surface area contributed by atoms with Gasteiger partial charge >= 0.3 is 18.2 Å². The highest BCUT2D eigenvalue weighted by Crippen LogP contribution is 2.23. The van der Waals surface area contributed by atoms with Gasteiger partial charge in [0.05, 0.1) is 11.6 Å². The summed E-state index contributed by atoms with van der Waals surface area (Å²) in [6.07, 6.45) is 4.15. The number of ketones is 2. The number of hydrogen-bond acceptors (Lipinski definition) is 15. The van der Waals surface area contributed by atoms with Crippen molar-refractivity contribution in [3.05, 3.63) is 35.9 Å². The average molecular weight is 1210 g/mol. The van der Waals surface area contributed by atoms with E-state index in [1.54, 1.807) is 78.8 Å². The number of alkyl carbamates (subject to hydrolysis) is 2. The first-order valence-electron chi connectivity index (χ1n) is 29.9. The van der Waals surface area contributed by atoms with Crippen molar-refractivity contribution in [3.63, 3.8) is 0 Å². The maximum atomic E-state index is 14.1. The van der Waals surface area contributed by atoms with Crippen molar-refractivity contribution in [3.8, 4) is 0 Å². The van der Waals surface area contributed by atoms with Crippen LogP contribution in [0.4, 0.5) is 9.59 Å². The van der Waals surface area contributed by atoms with Gasteiger partial charge in [-0.25, -0.2) is 14.4 Å². The summed E-state index contributed by atoms with van der Waals surface area (Å²) in [5.74, 6) is -8.02. The van der Waals surface area contributed by atoms with E-state index in [-0.39, 0.29) is 56.9 Å². The molecule has 2 rings (SSSR count). The number of carboxylic acid groups (broad SMARTS) is 1. The molecule has 1 aliphatic heterocycles. The average Bonchev–Trinajstić information content (AvgIpc) is 2.28. The molecular weight excluding hydrogens is 1120 g/mol. The lowest BCUT2D eigenvalue weighted by atomic mass is 9.97. The molecule has 0 saturated carbocycles. The Morgan fingerprint density at radius 1 is 0.593 bits per heavy atom. The molecular formula is C60H96N10O16. The van der Waals surface area contributed by atoms with Crippen molar-refractivity contribution in [2.24, 2.45) is 5.92 Å². The predicted molar refractivity (Wildman–Crippen MR) is 317 cm³/mol. The third kappa shape index (κ3) is 25.1. The van der Waals surface area contributed by atoms with Gasteiger partial charge in [-0.05, 0) is 105 Å². The molecule has 7 atom stereocenters. The molecule has 10 N–H and O–H groups in total. The van der Waals surface area contributed by atoms with E-state index in [1.807, 2.05) is 0 Å². The molecule has 0 spiro atoms. The minimum atomic E-state index is -1.70. The van der Waals surface area contributed by atoms with E-state index < -0.39 is 143 Å². The van der Waals surface area contributed by atoms with E-state index in [9.17, 15) is 67.4 Å². The second-order valence-corrected chi connectivity index (χ2v) is 23.8. The molecule has 0 radical (unpaired) electrons. The van der Waals surface area contributed by atoms with Crippen molar-refractivity contribution in [1.29, 1.82) is 0 Å². The Morgan fingerprint density at radius 3 is 1.73 bits per heavy atom. The zero-order valence-corrected chi connectivity index (χ0v) is 52.5. The Morgan fingerprint density at radius 2 is 1.16 bits per heavy atom. The van der Waals surface area contributed by atoms with Gasteiger partial charge in [-0.3, -0.25) is 47.9 Å². The molecule has 482 valence electrons. The van der Waals surface area contributed by atoms with Crippen molar-refractivity contribution in [1.82, 2.24) is 52.8 Å². The van der Waals surface area contributed by atoms with Crippen molar-refractivity contribution in [2.45, 2.75) is 239 Å². The van der Waals surface area contributed by atoms with E-state index in [1.165, 1.54) is 39.5 Å². The molecule has 10 amide bonds. The largest absolute Gasteiger partial charge is 0.480 e. The highest BCUT2D eigenvalue weighted by atomic mass is 16.6. The van der Waals surface area contributed by atoms with Crippen LogP contribution in [0.3, 0.4) is 0 Å². The number of rotatable bonds is 37. The van der Waals surface area contributed by atoms with E-state index >= 15 is 0 Å². The van der Waals surface area contributed by atoms with Gasteiger partial charge in [0.2, 0.25) is 47.3 Å². The molecule has 26 nitrogen and oxygen atoms in total. The van der Waals surface area contributed by atoms with E-state index in [0.717, 1.165) is 25.7 Å². The van der Waals surface area contributed by atoms with Crippen LogP contribution in [-0.4, -0.2) is 166 Å². The summed E-state index contributed by atoms with van der Waals surface area (Å²) in [5.41, 5.74) is -4.02. The standard InChI is InChI=1S/C60H96N10O16/c1-14-18-19-20-24-30-47(73)67-60(12,13)55(82)70-31-25-29-44(70)52(78)62-42(33-38-27-22-21-23-28-38)51(77)68-58(8,9)46(72)35-86-57(84)66-40(17-4)50(76)69-59(10,11)54(81)64-41(26-15-2)45(71)34-85-56(83)65-39(16-3)49(75)61-37(7)48(74)63-43(53(79)80)32-36(5)6/h21-23,27-28,36-37,39-44H,14-20,24-26,29-35H2,1-13H3,(H,61,75)(H,62,78)(H,63,74)(H,64,81)(H,65,83)(H,66,84)(H,67,73)(H,68,77)(H,69,76)(H,79,80)/t37-,39-,40-,41-,42-,43-,44-/m0/s1. The zero-order valence-electron chi connectivity index (χ0n) is 52.5. The second kappa shape index (κ2) is 35.7. The molecule has 26 heteroatoms. The van der Waals surface area contributed by atoms with Crippen LogP contribution in [-0.2, 0) is 68.6 Å². The molecule has 1 aromatic carbocycles. The molecule has 1 saturated heterocycles. The number of Topliss-reactive ketones (excluding diaryl/α,β-unsaturated/α-hetero) is 2. The fourth-order valence-electron chi connectivity index (χ4n) is 9.17. The Labute approximate surface area is 505 Å². The van der Waals surface area contributed by atoms with Gasteiger partial charge in [-0.1, -0.05) is 104 Å². The topological polar surface area (TPSA) is 372 Å². The lowest BCUT2D eigenvalue weighted by Crippen LogP contribution is -2.61. The third-order valence-corrected chi connectivity index (χ3v) is 14.4. The summed E-state index contributed by atoms with van der Waals surface area (Å²) >= 11 is 0. The van der Waals surface area contributed by atoms with Crippen LogP contribution in [0.1, 0.15) is 179 Å². The molecule has 0 aromatic heterocycles. The number of carbonyl (C=O) groups excluding carboxylic acids is 12. The molecule has 0 bridgehead atoms. The molecule has 86 heavy (non-hydrogen) atoms. The van der Waals surface area contributed by atoms with Crippen LogP contribution in [0, 0.1) is 5.92 Å². The Bertz CT molecular complexity index is 2520. The summed E-state index contributed by atoms with van der Waals surface area (Å²) in [6.45, 7) is 19.1. The number of unbranched alkanes of at least 4 members (excludes halogenated alkanes) is 4. The van der Waals surface area contributed by atoms with Gasteiger partial charge in [0.15, 0.2) is 24.8 Å². The first kappa shape index (κ1) is 74.4. The van der Waals surface area contributed by atoms with Gasteiger partial charge in [-0.15, -0.1) is 0 Å². The second-order valence-electron chi connectivity index (χ2n) is 23.8. The molecule has 1 heterocycles. The Kier molecular flexibility index (Phi) is 30.9. The van der Waals surface area contributed by atoms with Crippen LogP contribution < -0.4 is 47.9 Å². The normalized spacial score (nSPS) is 15.4. The third-order valence-electron chi connectivity index (χ3n) is 14.4. The number of amides is 10.